The van der Waals surface area contributed by atoms with Crippen molar-refractivity contribution in [3.63, 3.8) is 0 Å². The molecule has 12 nitrogen and oxygen atoms in total. The van der Waals surface area contributed by atoms with Gasteiger partial charge in [0.25, 0.3) is 5.91 Å². The van der Waals surface area contributed by atoms with Crippen LogP contribution in [0.1, 0.15) is 91.1 Å². The monoisotopic (exact) mass is 1030 g/mol. The highest BCUT2D eigenvalue weighted by atomic mass is 127. The molecule has 2 atom stereocenters. The number of rotatable bonds is 13. The molecule has 2 fully saturated rings. The van der Waals surface area contributed by atoms with Gasteiger partial charge < -0.3 is 29.2 Å². The van der Waals surface area contributed by atoms with Gasteiger partial charge in [-0.2, -0.15) is 9.97 Å². The Kier molecular flexibility index (Phi) is 14.8. The number of nitrogens with zero attached hydrogens (tertiary/aromatic N) is 5. The first-order valence-corrected chi connectivity index (χ1v) is 25.8. The minimum absolute atomic E-state index is 0.0245. The van der Waals surface area contributed by atoms with E-state index in [4.69, 9.17) is 28.9 Å². The van der Waals surface area contributed by atoms with Crippen LogP contribution in [0.25, 0.3) is 32.9 Å². The third-order valence-corrected chi connectivity index (χ3v) is 19.6. The minimum atomic E-state index is -2.28. The Balaban J connectivity index is 1.28. The van der Waals surface area contributed by atoms with E-state index in [1.54, 1.807) is 42.6 Å². The fraction of sp³-hybridized carbons (Fsp3) is 0.460. The third kappa shape index (κ3) is 9.94. The van der Waals surface area contributed by atoms with Crippen molar-refractivity contribution < 1.29 is 37.3 Å². The molecule has 1 N–H and O–H groups in total. The highest BCUT2D eigenvalue weighted by Crippen LogP contribution is 2.42. The zero-order valence-electron chi connectivity index (χ0n) is 39.4. The number of piperazine rings is 1. The summed E-state index contributed by atoms with van der Waals surface area (Å²) in [5.41, 5.74) is 4.80. The first-order chi connectivity index (χ1) is 31.3. The molecule has 0 radical (unpaired) electrons. The number of aromatic nitrogens is 3. The van der Waals surface area contributed by atoms with Gasteiger partial charge in [0.1, 0.15) is 48.9 Å². The smallest absolute Gasteiger partial charge is 0.410 e. The minimum Gasteiger partial charge on any atom is -0.467 e. The van der Waals surface area contributed by atoms with Crippen molar-refractivity contribution in [2.45, 2.75) is 109 Å². The molecule has 2 bridgehead atoms. The summed E-state index contributed by atoms with van der Waals surface area (Å²) >= 11 is 2.14. The number of pyridine rings is 1. The predicted octanol–water partition coefficient (Wildman–Crippen LogP) is 10.7. The van der Waals surface area contributed by atoms with Crippen molar-refractivity contribution in [3.05, 3.63) is 81.1 Å². The molecule has 2 aliphatic rings. The Morgan fingerprint density at radius 3 is 2.30 bits per heavy atom. The van der Waals surface area contributed by atoms with E-state index in [1.807, 2.05) is 36.6 Å². The number of nitrogens with one attached hydrogen (secondary N) is 1. The average molecular weight is 1030 g/mol. The zero-order valence-corrected chi connectivity index (χ0v) is 42.5. The largest absolute Gasteiger partial charge is 0.467 e. The maximum atomic E-state index is 17.6. The number of hydrogen-bond acceptors (Lipinski definition) is 10. The van der Waals surface area contributed by atoms with E-state index in [-0.39, 0.29) is 66.8 Å². The van der Waals surface area contributed by atoms with Gasteiger partial charge in [-0.25, -0.2) is 13.6 Å². The molecule has 350 valence electrons. The quantitative estimate of drug-likeness (QED) is 0.0400. The molecule has 2 aliphatic heterocycles. The van der Waals surface area contributed by atoms with Crippen LogP contribution in [0.15, 0.2) is 54.7 Å². The SMILES string of the molecule is COCOc1cc(I)ccc1C(=O)NCCOc1nc(N2CC3CCC(C2)N3C(=O)OC(C)(C)C)c2cnc(-c3cccc4ccc(F)c(C#C[Si](C(C)C)(C(C)C)C(C)C)c34)c(F)c2n1. The summed E-state index contributed by atoms with van der Waals surface area (Å²) < 4.78 is 57.2. The molecule has 2 saturated heterocycles. The lowest BCUT2D eigenvalue weighted by Crippen LogP contribution is -2.57. The normalized spacial score (nSPS) is 16.3. The number of benzene rings is 3. The number of amides is 2. The molecular weight excluding hydrogens is 974 g/mol. The van der Waals surface area contributed by atoms with Crippen molar-refractivity contribution in [3.8, 4) is 34.5 Å². The molecular formula is C50H59F2IN6O6Si. The second-order valence-corrected chi connectivity index (χ2v) is 25.8. The van der Waals surface area contributed by atoms with Crippen LogP contribution in [0.4, 0.5) is 19.4 Å². The third-order valence-electron chi connectivity index (χ3n) is 12.7. The van der Waals surface area contributed by atoms with Gasteiger partial charge in [0.2, 0.25) is 0 Å². The summed E-state index contributed by atoms with van der Waals surface area (Å²) in [5.74, 6) is 2.47. The Labute approximate surface area is 400 Å². The van der Waals surface area contributed by atoms with E-state index in [9.17, 15) is 9.59 Å². The van der Waals surface area contributed by atoms with E-state index in [2.05, 4.69) is 85.9 Å². The number of ether oxygens (including phenoxy) is 4. The van der Waals surface area contributed by atoms with Gasteiger partial charge in [-0.3, -0.25) is 14.7 Å². The van der Waals surface area contributed by atoms with Gasteiger partial charge in [-0.15, -0.1) is 5.54 Å². The molecule has 66 heavy (non-hydrogen) atoms. The first kappa shape index (κ1) is 48.8. The summed E-state index contributed by atoms with van der Waals surface area (Å²) in [6, 6.07) is 13.2. The molecule has 3 aromatic carbocycles. The molecule has 0 aliphatic carbocycles. The summed E-state index contributed by atoms with van der Waals surface area (Å²) in [7, 11) is -0.785. The molecule has 0 saturated carbocycles. The van der Waals surface area contributed by atoms with Gasteiger partial charge in [0.05, 0.1) is 35.1 Å². The van der Waals surface area contributed by atoms with Crippen molar-refractivity contribution >= 4 is 70.2 Å². The number of anilines is 1. The molecule has 0 spiro atoms. The number of carbonyl (C=O) groups is 2. The van der Waals surface area contributed by atoms with Crippen LogP contribution in [0, 0.1) is 26.7 Å². The molecule has 2 unspecified atom stereocenters. The Hall–Kier alpha value is -5.12. The van der Waals surface area contributed by atoms with Crippen molar-refractivity contribution in [2.75, 3.05) is 45.0 Å². The van der Waals surface area contributed by atoms with E-state index >= 15 is 8.78 Å². The Morgan fingerprint density at radius 2 is 1.65 bits per heavy atom. The number of fused-ring (bicyclic) bond motifs is 4. The number of carbonyl (C=O) groups excluding carboxylic acids is 2. The maximum Gasteiger partial charge on any atom is 0.410 e. The van der Waals surface area contributed by atoms with Crippen LogP contribution in [-0.2, 0) is 9.47 Å². The van der Waals surface area contributed by atoms with Gasteiger partial charge in [-0.05, 0) is 102 Å². The zero-order chi connectivity index (χ0) is 47.7. The maximum absolute atomic E-state index is 17.6. The predicted molar refractivity (Wildman–Crippen MR) is 265 cm³/mol. The lowest BCUT2D eigenvalue weighted by molar-refractivity contribution is 0.0122. The lowest BCUT2D eigenvalue weighted by Gasteiger charge is -2.42. The van der Waals surface area contributed by atoms with Gasteiger partial charge in [0, 0.05) is 40.9 Å². The van der Waals surface area contributed by atoms with Crippen LogP contribution in [-0.4, -0.2) is 97.8 Å². The first-order valence-electron chi connectivity index (χ1n) is 22.5. The van der Waals surface area contributed by atoms with Gasteiger partial charge >= 0.3 is 12.1 Å². The molecule has 2 aromatic heterocycles. The summed E-state index contributed by atoms with van der Waals surface area (Å²) in [5, 5.41) is 4.36. The van der Waals surface area contributed by atoms with Crippen LogP contribution < -0.4 is 19.7 Å². The number of hydrogen-bond donors (Lipinski definition) is 1. The van der Waals surface area contributed by atoms with E-state index in [0.29, 0.717) is 68.6 Å². The van der Waals surface area contributed by atoms with Crippen LogP contribution >= 0.6 is 22.6 Å². The van der Waals surface area contributed by atoms with Crippen molar-refractivity contribution in [1.29, 1.82) is 0 Å². The highest BCUT2D eigenvalue weighted by Gasteiger charge is 2.45. The standard InChI is InChI=1S/C50H59F2IN6O6Si/c1-29(2)66(30(3)4,31(5)6)23-20-36-40(51)19-14-32-12-11-13-38(42(32)36)44-43(52)45-39(25-55-44)46(58-26-34-16-17-35(27-58)59(34)49(61)65-50(7,8)9)57-48(56-45)63-22-21-54-47(60)37-18-15-33(53)24-41(37)64-28-62-10/h11-15,18-19,24-25,29-31,34-35H,16-17,21-22,26-28H2,1-10H3,(H,54,60). The van der Waals surface area contributed by atoms with Crippen LogP contribution in [0.5, 0.6) is 11.8 Å². The number of methoxy groups -OCH3 is 1. The molecule has 4 heterocycles. The molecule has 7 rings (SSSR count). The lowest BCUT2D eigenvalue weighted by atomic mass is 9.96. The molecule has 5 aromatic rings. The molecule has 2 amide bonds. The summed E-state index contributed by atoms with van der Waals surface area (Å²) in [6.07, 6.45) is 2.71. The summed E-state index contributed by atoms with van der Waals surface area (Å²) in [4.78, 5) is 44.7. The Morgan fingerprint density at radius 1 is 0.955 bits per heavy atom. The Bertz CT molecular complexity index is 2670. The van der Waals surface area contributed by atoms with E-state index < -0.39 is 25.3 Å². The van der Waals surface area contributed by atoms with Gasteiger partial charge in [0.15, 0.2) is 12.6 Å². The fourth-order valence-corrected chi connectivity index (χ4v) is 15.5. The van der Waals surface area contributed by atoms with Crippen molar-refractivity contribution in [2.24, 2.45) is 0 Å². The average Bonchev–Trinajstić information content (AvgIpc) is 3.53. The topological polar surface area (TPSA) is 128 Å². The second kappa shape index (κ2) is 20.0. The molecule has 16 heteroatoms. The summed E-state index contributed by atoms with van der Waals surface area (Å²) in [6.45, 7) is 19.6. The van der Waals surface area contributed by atoms with Crippen LogP contribution in [0.2, 0.25) is 16.6 Å². The highest BCUT2D eigenvalue weighted by molar-refractivity contribution is 14.1. The van der Waals surface area contributed by atoms with E-state index in [0.717, 1.165) is 16.4 Å². The number of halogens is 3. The van der Waals surface area contributed by atoms with Crippen LogP contribution in [0.3, 0.4) is 0 Å². The fourth-order valence-electron chi connectivity index (χ4n) is 9.81. The van der Waals surface area contributed by atoms with Gasteiger partial charge in [-0.1, -0.05) is 71.7 Å². The second-order valence-electron chi connectivity index (χ2n) is 19.0. The van der Waals surface area contributed by atoms with E-state index in [1.165, 1.54) is 13.2 Å². The van der Waals surface area contributed by atoms with Crippen molar-refractivity contribution in [1.82, 2.24) is 25.2 Å².